The minimum atomic E-state index is -2.11. The van der Waals surface area contributed by atoms with Crippen LogP contribution in [-0.2, 0) is 46.4 Å². The van der Waals surface area contributed by atoms with Crippen molar-refractivity contribution in [3.8, 4) is 17.2 Å². The van der Waals surface area contributed by atoms with E-state index in [1.807, 2.05) is 32.3 Å². The number of amides is 1. The molecule has 5 heterocycles. The molecule has 0 aliphatic carbocycles. The number of ketones is 1. The molecule has 4 N–H and O–H groups in total. The highest BCUT2D eigenvalue weighted by atomic mass is 16.7. The van der Waals surface area contributed by atoms with E-state index in [9.17, 15) is 29.7 Å². The Morgan fingerprint density at radius 1 is 0.915 bits per heavy atom. The lowest BCUT2D eigenvalue weighted by Crippen LogP contribution is -2.46. The maximum absolute atomic E-state index is 15.2. The molecule has 20 nitrogen and oxygen atoms in total. The molecule has 10 atom stereocenters. The standard InChI is InChI=1S/C62H77N5O15/c1-33-13-12-14-34(2)61(74)64-52-56(72)48-47(49-58(38(6)55(48)71)82-62(8,60(49)73)79-23-19-44(75-11)35(3)57(80-39(7)68)37(5)54(70)36(4)53(33)69)51-59(52)81-46-28-42(67-22-26-77-43(31-67)30-65(9)10)27-45(50(46)63-51)78-32-41-17-15-40(16-18-41)29-66-20-24-76-25-21-66/h12-19,23,27-28,33,35-37,43-44,53-54,57,69-70,72H,20-22,24-26,29-32H2,1-11H3,(H,64,74)/b13-12+,23-19+,34-14-/t33-,35+,36+,37+,43?,44-,53-,54+,57+,62-/m0/s1. The number of hydrogen-bond donors (Lipinski definition) is 4. The summed E-state index contributed by atoms with van der Waals surface area (Å²) in [6.07, 6.45) is 3.44. The fourth-order valence-corrected chi connectivity index (χ4v) is 11.5. The van der Waals surface area contributed by atoms with E-state index in [-0.39, 0.29) is 73.8 Å². The number of rotatable bonds is 10. The maximum Gasteiger partial charge on any atom is 0.312 e. The molecule has 82 heavy (non-hydrogen) atoms. The molecule has 5 aromatic rings. The van der Waals surface area contributed by atoms with Gasteiger partial charge in [-0.2, -0.15) is 0 Å². The van der Waals surface area contributed by atoms with Crippen LogP contribution in [0.1, 0.15) is 75.5 Å². The summed E-state index contributed by atoms with van der Waals surface area (Å²) in [4.78, 5) is 68.9. The van der Waals surface area contributed by atoms with Crippen LogP contribution in [0.25, 0.3) is 33.0 Å². The molecule has 1 amide bonds. The highest BCUT2D eigenvalue weighted by Gasteiger charge is 2.50. The van der Waals surface area contributed by atoms with Gasteiger partial charge in [0, 0.05) is 118 Å². The molecule has 2 saturated heterocycles. The molecule has 4 aliphatic rings. The zero-order valence-electron chi connectivity index (χ0n) is 48.6. The zero-order valence-corrected chi connectivity index (χ0v) is 48.6. The second-order valence-electron chi connectivity index (χ2n) is 22.7. The molecule has 4 aromatic carbocycles. The van der Waals surface area contributed by atoms with Crippen LogP contribution in [0.2, 0.25) is 0 Å². The average molecular weight is 1130 g/mol. The molecular weight excluding hydrogens is 1050 g/mol. The summed E-state index contributed by atoms with van der Waals surface area (Å²) in [5, 5.41) is 38.2. The number of ether oxygens (including phenoxy) is 7. The third-order valence-electron chi connectivity index (χ3n) is 16.4. The predicted molar refractivity (Wildman–Crippen MR) is 309 cm³/mol. The molecule has 2 fully saturated rings. The number of phenolic OH excluding ortho intramolecular Hbond substituents is 1. The van der Waals surface area contributed by atoms with Crippen LogP contribution >= 0.6 is 0 Å². The summed E-state index contributed by atoms with van der Waals surface area (Å²) >= 11 is 0. The molecule has 440 valence electrons. The first-order valence-electron chi connectivity index (χ1n) is 28.1. The number of esters is 1. The van der Waals surface area contributed by atoms with Crippen LogP contribution in [0, 0.1) is 30.6 Å². The number of anilines is 2. The van der Waals surface area contributed by atoms with Gasteiger partial charge in [-0.15, -0.1) is 0 Å². The number of methoxy groups -OCH3 is 1. The average Bonchev–Trinajstić information content (AvgIpc) is 1.59. The largest absolute Gasteiger partial charge is 0.505 e. The number of morpholine rings is 2. The summed E-state index contributed by atoms with van der Waals surface area (Å²) in [5.74, 6) is -7.21. The van der Waals surface area contributed by atoms with Gasteiger partial charge in [-0.25, -0.2) is 4.98 Å². The van der Waals surface area contributed by atoms with Gasteiger partial charge in [-0.1, -0.05) is 70.2 Å². The first-order chi connectivity index (χ1) is 39.1. The van der Waals surface area contributed by atoms with Crippen molar-refractivity contribution >= 4 is 62.0 Å². The Hall–Kier alpha value is -6.91. The number of likely N-dealkylation sites (N-methyl/N-ethyl adjacent to an activating group) is 1. The van der Waals surface area contributed by atoms with Gasteiger partial charge >= 0.3 is 11.8 Å². The quantitative estimate of drug-likeness (QED) is 0.0469. The van der Waals surface area contributed by atoms with E-state index in [0.29, 0.717) is 45.2 Å². The van der Waals surface area contributed by atoms with E-state index in [2.05, 4.69) is 32.1 Å². The van der Waals surface area contributed by atoms with Gasteiger partial charge in [0.2, 0.25) is 0 Å². The molecule has 0 saturated carbocycles. The normalized spacial score (nSPS) is 28.4. The van der Waals surface area contributed by atoms with E-state index in [4.69, 9.17) is 42.6 Å². The number of aliphatic hydroxyl groups is 2. The first-order valence-corrected chi connectivity index (χ1v) is 28.1. The number of nitrogens with one attached hydrogen (secondary N) is 1. The third kappa shape index (κ3) is 12.3. The number of carbonyl (C=O) groups is 3. The fourth-order valence-electron chi connectivity index (χ4n) is 11.5. The number of fused-ring (bicyclic) bond motifs is 2. The van der Waals surface area contributed by atoms with Crippen LogP contribution in [0.5, 0.6) is 17.2 Å². The number of Topliss-reactive ketones (excluding diaryl/α,β-unsaturated/α-hetero) is 1. The van der Waals surface area contributed by atoms with E-state index in [1.165, 1.54) is 46.3 Å². The Morgan fingerprint density at radius 3 is 2.33 bits per heavy atom. The van der Waals surface area contributed by atoms with E-state index in [1.54, 1.807) is 52.8 Å². The lowest BCUT2D eigenvalue weighted by atomic mass is 9.78. The van der Waals surface area contributed by atoms with Crippen molar-refractivity contribution in [3.05, 3.63) is 105 Å². The van der Waals surface area contributed by atoms with Gasteiger partial charge in [-0.3, -0.25) is 24.1 Å². The lowest BCUT2D eigenvalue weighted by Gasteiger charge is -2.38. The highest BCUT2D eigenvalue weighted by Crippen LogP contribution is 2.49. The number of allylic oxidation sites excluding steroid dienone is 2. The summed E-state index contributed by atoms with van der Waals surface area (Å²) in [7, 11) is 5.42. The Balaban J connectivity index is 1.23. The number of aliphatic hydroxyl groups excluding tert-OH is 2. The second kappa shape index (κ2) is 24.9. The summed E-state index contributed by atoms with van der Waals surface area (Å²) in [6, 6.07) is 11.9. The smallest absolute Gasteiger partial charge is 0.312 e. The minimum Gasteiger partial charge on any atom is -0.505 e. The van der Waals surface area contributed by atoms with E-state index < -0.39 is 82.7 Å². The van der Waals surface area contributed by atoms with Crippen LogP contribution in [-0.4, -0.2) is 158 Å². The Bertz CT molecular complexity index is 3370. The topological polar surface area (TPSA) is 241 Å². The van der Waals surface area contributed by atoms with Gasteiger partial charge in [0.25, 0.3) is 11.7 Å². The molecule has 4 bridgehead atoms. The van der Waals surface area contributed by atoms with Crippen molar-refractivity contribution in [2.75, 3.05) is 84.0 Å². The zero-order chi connectivity index (χ0) is 58.9. The number of hydrogen-bond acceptors (Lipinski definition) is 19. The van der Waals surface area contributed by atoms with Crippen LogP contribution < -0.4 is 25.1 Å². The second-order valence-corrected chi connectivity index (χ2v) is 22.7. The third-order valence-corrected chi connectivity index (χ3v) is 16.4. The summed E-state index contributed by atoms with van der Waals surface area (Å²) in [6.45, 7) is 18.9. The predicted octanol–water partition coefficient (Wildman–Crippen LogP) is 7.18. The number of carbonyl (C=O) groups excluding carboxylic acids is 3. The Morgan fingerprint density at radius 2 is 1.63 bits per heavy atom. The van der Waals surface area contributed by atoms with Crippen molar-refractivity contribution in [1.82, 2.24) is 14.8 Å². The molecule has 0 spiro atoms. The van der Waals surface area contributed by atoms with Crippen LogP contribution in [0.4, 0.5) is 11.4 Å². The van der Waals surface area contributed by atoms with Crippen molar-refractivity contribution in [2.24, 2.45) is 23.7 Å². The van der Waals surface area contributed by atoms with E-state index >= 15 is 4.79 Å². The van der Waals surface area contributed by atoms with Crippen molar-refractivity contribution in [2.45, 2.75) is 105 Å². The van der Waals surface area contributed by atoms with Gasteiger partial charge in [-0.05, 0) is 45.1 Å². The summed E-state index contributed by atoms with van der Waals surface area (Å²) < 4.78 is 49.7. The maximum atomic E-state index is 15.2. The van der Waals surface area contributed by atoms with Crippen molar-refractivity contribution in [3.63, 3.8) is 0 Å². The summed E-state index contributed by atoms with van der Waals surface area (Å²) in [5.41, 5.74) is 1.92. The van der Waals surface area contributed by atoms with Gasteiger partial charge in [0.05, 0.1) is 61.4 Å². The Kier molecular flexibility index (Phi) is 18.1. The van der Waals surface area contributed by atoms with Crippen molar-refractivity contribution in [1.29, 1.82) is 0 Å². The molecule has 9 rings (SSSR count). The lowest BCUT2D eigenvalue weighted by molar-refractivity contribution is -0.160. The van der Waals surface area contributed by atoms with Gasteiger partial charge < -0.3 is 68.0 Å². The van der Waals surface area contributed by atoms with Crippen molar-refractivity contribution < 1.29 is 67.3 Å². The Labute approximate surface area is 477 Å². The molecule has 1 aromatic heterocycles. The molecular formula is C62H77N5O15. The number of nitrogens with zero attached hydrogens (tertiary/aromatic N) is 4. The molecule has 0 radical (unpaired) electrons. The van der Waals surface area contributed by atoms with Crippen LogP contribution in [0.15, 0.2) is 81.7 Å². The number of benzene rings is 4. The van der Waals surface area contributed by atoms with E-state index in [0.717, 1.165) is 36.4 Å². The van der Waals surface area contributed by atoms with Gasteiger partial charge in [0.1, 0.15) is 35.2 Å². The molecule has 20 heteroatoms. The number of aromatic nitrogens is 1. The molecule has 1 unspecified atom stereocenters. The van der Waals surface area contributed by atoms with Crippen LogP contribution in [0.3, 0.4) is 0 Å². The number of phenols is 1. The van der Waals surface area contributed by atoms with Gasteiger partial charge in [0.15, 0.2) is 28.1 Å². The number of aromatic hydroxyl groups is 1. The molecule has 4 aliphatic heterocycles. The monoisotopic (exact) mass is 1130 g/mol. The minimum absolute atomic E-state index is 0.0306. The first kappa shape index (κ1) is 59.7. The SMILES string of the molecule is CO[C@H]1/C=C/O[C@@]2(C)Oc3c(C)c(=O)c4c(O)c(c5oc6cc(N7CCOC(CN(C)C)C7)cc(OCc7ccc(CN8CCOCC8)cc7)c6nc5c4c3C2=O)NC(=O)/C(C)=C\C=C\[C@H](C)[C@H](O)[C@@H](C)[C@@H](O)[C@@H](C)[C@H](OC(C)=O)[C@@H]1C. The highest BCUT2D eigenvalue weighted by molar-refractivity contribution is 6.26. The fraction of sp³-hybridized carbons (Fsp3) is 0.500.